The maximum Gasteiger partial charge on any atom is 0.305 e. The van der Waals surface area contributed by atoms with Crippen LogP contribution in [-0.2, 0) is 9.59 Å². The quantitative estimate of drug-likeness (QED) is 0.0792. The van der Waals surface area contributed by atoms with Gasteiger partial charge in [-0.2, -0.15) is 0 Å². The first-order valence-electron chi connectivity index (χ1n) is 14.5. The molecule has 0 saturated heterocycles. The molecule has 0 aliphatic rings. The van der Waals surface area contributed by atoms with Crippen LogP contribution in [0.15, 0.2) is 48.5 Å². The van der Waals surface area contributed by atoms with Crippen LogP contribution in [0.4, 0.5) is 11.4 Å². The molecule has 0 radical (unpaired) electrons. The van der Waals surface area contributed by atoms with E-state index in [0.717, 1.165) is 25.7 Å². The van der Waals surface area contributed by atoms with Crippen LogP contribution in [0, 0.1) is 33.5 Å². The third kappa shape index (κ3) is 22.9. The predicted octanol–water partition coefficient (Wildman–Crippen LogP) is 5.63. The van der Waals surface area contributed by atoms with E-state index in [0.29, 0.717) is 34.5 Å². The lowest BCUT2D eigenvalue weighted by molar-refractivity contribution is -0.141. The second-order valence-corrected chi connectivity index (χ2v) is 11.1. The molecule has 0 aliphatic heterocycles. The van der Waals surface area contributed by atoms with E-state index in [-0.39, 0.29) is 35.7 Å². The van der Waals surface area contributed by atoms with Crippen molar-refractivity contribution in [1.29, 1.82) is 21.6 Å². The van der Waals surface area contributed by atoms with Gasteiger partial charge in [0.1, 0.15) is 0 Å². The normalized spacial score (nSPS) is 9.83. The predicted molar refractivity (Wildman–Crippen MR) is 187 cm³/mol. The maximum atomic E-state index is 9.70. The summed E-state index contributed by atoms with van der Waals surface area (Å²) in [6, 6.07) is 13.9. The van der Waals surface area contributed by atoms with Gasteiger partial charge in [0, 0.05) is 34.5 Å². The Morgan fingerprint density at radius 2 is 0.870 bits per heavy atom. The van der Waals surface area contributed by atoms with Gasteiger partial charge in [-0.25, -0.2) is 0 Å². The standard InChI is InChI=1S/C22H30Cl2N10.2C4H8O2/c23-15-5-9-17(10-6-15)31-21(27)33-19(25)29-13-3-1-2-4-14-30-20(26)34-22(28)32-18-11-7-16(24)8-12-18;2*1-3(2)4(5)6/h5-12H,1-4,13-14H2,(H5,25,27,29,31,33)(H5,26,28,30,32,34);2*3H,1-2H3,(H,5,6). The SMILES string of the molecule is CC(C)C(=O)O.CC(C)C(=O)O.N=C(NCCCCCCNC(=N)NC(=N)Nc1ccc(Cl)cc1)NC(=N)Nc1ccc(Cl)cc1. The molecule has 2 aromatic rings. The number of benzene rings is 2. The maximum absolute atomic E-state index is 9.70. The molecule has 2 aromatic carbocycles. The van der Waals surface area contributed by atoms with Gasteiger partial charge in [-0.3, -0.25) is 41.9 Å². The van der Waals surface area contributed by atoms with Crippen LogP contribution in [0.3, 0.4) is 0 Å². The number of hydrogen-bond donors (Lipinski definition) is 12. The van der Waals surface area contributed by atoms with E-state index < -0.39 is 11.9 Å². The first-order valence-corrected chi connectivity index (χ1v) is 15.2. The van der Waals surface area contributed by atoms with Crippen molar-refractivity contribution in [2.75, 3.05) is 23.7 Å². The van der Waals surface area contributed by atoms with Gasteiger partial charge in [0.15, 0.2) is 23.8 Å². The highest BCUT2D eigenvalue weighted by molar-refractivity contribution is 6.31. The molecular formula is C30H46Cl2N10O4. The molecule has 0 aromatic heterocycles. The number of carboxylic acids is 2. The van der Waals surface area contributed by atoms with Crippen molar-refractivity contribution in [3.63, 3.8) is 0 Å². The molecule has 16 heteroatoms. The first-order chi connectivity index (χ1) is 21.6. The molecule has 254 valence electrons. The summed E-state index contributed by atoms with van der Waals surface area (Å²) >= 11 is 11.7. The fourth-order valence-electron chi connectivity index (χ4n) is 2.79. The third-order valence-electron chi connectivity index (χ3n) is 5.42. The van der Waals surface area contributed by atoms with Crippen molar-refractivity contribution in [3.8, 4) is 0 Å². The Balaban J connectivity index is 0.00000142. The highest BCUT2D eigenvalue weighted by Crippen LogP contribution is 2.13. The smallest absolute Gasteiger partial charge is 0.305 e. The van der Waals surface area contributed by atoms with E-state index >= 15 is 0 Å². The lowest BCUT2D eigenvalue weighted by Gasteiger charge is -2.13. The molecule has 46 heavy (non-hydrogen) atoms. The van der Waals surface area contributed by atoms with Gasteiger partial charge >= 0.3 is 11.9 Å². The number of rotatable bonds is 11. The second kappa shape index (κ2) is 23.8. The molecule has 0 atom stereocenters. The number of halogens is 2. The zero-order valence-corrected chi connectivity index (χ0v) is 28.0. The van der Waals surface area contributed by atoms with E-state index in [1.54, 1.807) is 76.2 Å². The summed E-state index contributed by atoms with van der Waals surface area (Å²) in [5.41, 5.74) is 1.42. The second-order valence-electron chi connectivity index (χ2n) is 10.3. The van der Waals surface area contributed by atoms with Crippen LogP contribution in [0.1, 0.15) is 53.4 Å². The van der Waals surface area contributed by atoms with Gasteiger partial charge in [0.05, 0.1) is 11.8 Å². The number of anilines is 2. The largest absolute Gasteiger partial charge is 0.481 e. The number of carbonyl (C=O) groups is 2. The van der Waals surface area contributed by atoms with E-state index in [4.69, 9.17) is 55.1 Å². The molecule has 0 fully saturated rings. The summed E-state index contributed by atoms with van der Waals surface area (Å²) in [5.74, 6) is -1.83. The van der Waals surface area contributed by atoms with E-state index in [1.807, 2.05) is 0 Å². The van der Waals surface area contributed by atoms with Gasteiger partial charge in [-0.1, -0.05) is 63.7 Å². The third-order valence-corrected chi connectivity index (χ3v) is 5.93. The number of guanidine groups is 4. The van der Waals surface area contributed by atoms with Crippen molar-refractivity contribution < 1.29 is 19.8 Å². The highest BCUT2D eigenvalue weighted by Gasteiger charge is 2.03. The monoisotopic (exact) mass is 680 g/mol. The van der Waals surface area contributed by atoms with Crippen molar-refractivity contribution in [2.24, 2.45) is 11.8 Å². The molecule has 0 bridgehead atoms. The average Bonchev–Trinajstić information content (AvgIpc) is 2.97. The van der Waals surface area contributed by atoms with Crippen LogP contribution in [-0.4, -0.2) is 59.1 Å². The summed E-state index contributed by atoms with van der Waals surface area (Å²) in [6.45, 7) is 7.81. The van der Waals surface area contributed by atoms with Crippen LogP contribution in [0.25, 0.3) is 0 Å². The average molecular weight is 682 g/mol. The van der Waals surface area contributed by atoms with Gasteiger partial charge in [-0.15, -0.1) is 0 Å². The zero-order chi connectivity index (χ0) is 35.1. The molecule has 0 heterocycles. The summed E-state index contributed by atoms with van der Waals surface area (Å²) in [5, 5.41) is 65.5. The zero-order valence-electron chi connectivity index (χ0n) is 26.5. The minimum Gasteiger partial charge on any atom is -0.481 e. The van der Waals surface area contributed by atoms with Crippen molar-refractivity contribution in [1.82, 2.24) is 21.3 Å². The number of hydrogen-bond acceptors (Lipinski definition) is 6. The molecule has 0 spiro atoms. The van der Waals surface area contributed by atoms with Crippen molar-refractivity contribution in [2.45, 2.75) is 53.4 Å². The van der Waals surface area contributed by atoms with E-state index in [2.05, 4.69) is 31.9 Å². The summed E-state index contributed by atoms with van der Waals surface area (Å²) in [7, 11) is 0. The Bertz CT molecular complexity index is 1160. The number of aliphatic carboxylic acids is 2. The summed E-state index contributed by atoms with van der Waals surface area (Å²) in [4.78, 5) is 19.4. The number of carboxylic acid groups (broad SMARTS) is 2. The van der Waals surface area contributed by atoms with Gasteiger partial charge in [0.25, 0.3) is 0 Å². The van der Waals surface area contributed by atoms with Gasteiger partial charge < -0.3 is 31.5 Å². The molecule has 0 aliphatic carbocycles. The Morgan fingerprint density at radius 3 is 1.13 bits per heavy atom. The summed E-state index contributed by atoms with van der Waals surface area (Å²) in [6.07, 6.45) is 3.70. The fraction of sp³-hybridized carbons (Fsp3) is 0.400. The summed E-state index contributed by atoms with van der Waals surface area (Å²) < 4.78 is 0. The van der Waals surface area contributed by atoms with Crippen LogP contribution < -0.4 is 31.9 Å². The first kappa shape index (κ1) is 41.4. The van der Waals surface area contributed by atoms with E-state index in [9.17, 15) is 9.59 Å². The van der Waals surface area contributed by atoms with Gasteiger partial charge in [0.2, 0.25) is 0 Å². The van der Waals surface area contributed by atoms with Crippen LogP contribution in [0.2, 0.25) is 10.0 Å². The van der Waals surface area contributed by atoms with Crippen molar-refractivity contribution >= 4 is 70.4 Å². The molecule has 12 N–H and O–H groups in total. The fourth-order valence-corrected chi connectivity index (χ4v) is 3.04. The Kier molecular flexibility index (Phi) is 21.4. The van der Waals surface area contributed by atoms with Crippen molar-refractivity contribution in [3.05, 3.63) is 58.6 Å². The lowest BCUT2D eigenvalue weighted by atomic mass is 10.2. The van der Waals surface area contributed by atoms with Crippen LogP contribution in [0.5, 0.6) is 0 Å². The molecule has 0 unspecified atom stereocenters. The molecule has 0 saturated carbocycles. The lowest BCUT2D eigenvalue weighted by Crippen LogP contribution is -2.43. The minimum atomic E-state index is -0.741. The minimum absolute atomic E-state index is 0.00148. The molecule has 0 amide bonds. The Labute approximate surface area is 280 Å². The molecular weight excluding hydrogens is 635 g/mol. The van der Waals surface area contributed by atoms with E-state index in [1.165, 1.54) is 0 Å². The van der Waals surface area contributed by atoms with Crippen LogP contribution >= 0.6 is 23.2 Å². The Morgan fingerprint density at radius 1 is 0.587 bits per heavy atom. The molecule has 14 nitrogen and oxygen atoms in total. The number of nitrogens with one attached hydrogen (secondary N) is 10. The molecule has 2 rings (SSSR count). The van der Waals surface area contributed by atoms with Gasteiger partial charge in [-0.05, 0) is 61.4 Å². The topological polar surface area (TPSA) is 242 Å². The Hall–Kier alpha value is -4.56. The number of unbranched alkanes of at least 4 members (excludes halogenated alkanes) is 3. The highest BCUT2D eigenvalue weighted by atomic mass is 35.5.